The van der Waals surface area contributed by atoms with E-state index in [0.717, 1.165) is 30.8 Å². The van der Waals surface area contributed by atoms with Gasteiger partial charge in [0.15, 0.2) is 0 Å². The molecule has 0 aliphatic carbocycles. The number of hydrogen-bond donors (Lipinski definition) is 1. The van der Waals surface area contributed by atoms with Gasteiger partial charge in [0, 0.05) is 17.5 Å². The van der Waals surface area contributed by atoms with Gasteiger partial charge in [-0.1, -0.05) is 18.2 Å². The summed E-state index contributed by atoms with van der Waals surface area (Å²) in [5, 5.41) is 1.22. The molecule has 0 fully saturated rings. The van der Waals surface area contributed by atoms with Crippen molar-refractivity contribution in [3.05, 3.63) is 36.1 Å². The second-order valence-electron chi connectivity index (χ2n) is 4.07. The third kappa shape index (κ3) is 2.60. The van der Waals surface area contributed by atoms with E-state index in [9.17, 15) is 0 Å². The number of furan rings is 1. The quantitative estimate of drug-likeness (QED) is 0.801. The maximum absolute atomic E-state index is 5.51. The molecule has 0 saturated carbocycles. The van der Waals surface area contributed by atoms with Crippen LogP contribution in [0.1, 0.15) is 12.0 Å². The van der Waals surface area contributed by atoms with E-state index in [4.69, 9.17) is 4.42 Å². The van der Waals surface area contributed by atoms with Crippen molar-refractivity contribution in [1.82, 2.24) is 4.90 Å². The van der Waals surface area contributed by atoms with Crippen molar-refractivity contribution < 1.29 is 4.42 Å². The van der Waals surface area contributed by atoms with Gasteiger partial charge in [-0.25, -0.2) is 0 Å². The Morgan fingerprint density at radius 3 is 2.94 bits per heavy atom. The molecule has 1 aromatic heterocycles. The van der Waals surface area contributed by atoms with Crippen LogP contribution in [0.5, 0.6) is 0 Å². The first-order chi connectivity index (χ1) is 7.81. The van der Waals surface area contributed by atoms with Crippen molar-refractivity contribution in [2.45, 2.75) is 13.0 Å². The van der Waals surface area contributed by atoms with E-state index in [1.165, 1.54) is 10.9 Å². The van der Waals surface area contributed by atoms with Gasteiger partial charge < -0.3 is 9.32 Å². The standard InChI is InChI=1S/C13H17NOS/c1-14(7-4-8-16)9-11-10-15-13-6-3-2-5-12(11)13/h2-3,5-6,10,16H,4,7-9H2,1H3. The molecule has 3 heteroatoms. The molecule has 2 aromatic rings. The Hall–Kier alpha value is -0.930. The molecule has 0 amide bonds. The van der Waals surface area contributed by atoms with Gasteiger partial charge in [-0.3, -0.25) is 0 Å². The SMILES string of the molecule is CN(CCCS)Cc1coc2ccccc12. The minimum atomic E-state index is 0.935. The summed E-state index contributed by atoms with van der Waals surface area (Å²) in [7, 11) is 2.13. The number of nitrogens with zero attached hydrogens (tertiary/aromatic N) is 1. The maximum Gasteiger partial charge on any atom is 0.134 e. The Kier molecular flexibility index (Phi) is 3.91. The second-order valence-corrected chi connectivity index (χ2v) is 4.52. The third-order valence-corrected chi connectivity index (χ3v) is 3.02. The molecule has 1 heterocycles. The van der Waals surface area contributed by atoms with Crippen LogP contribution in [0.25, 0.3) is 11.0 Å². The molecule has 0 aliphatic rings. The van der Waals surface area contributed by atoms with Crippen molar-refractivity contribution >= 4 is 23.6 Å². The van der Waals surface area contributed by atoms with Crippen LogP contribution in [0.2, 0.25) is 0 Å². The smallest absolute Gasteiger partial charge is 0.134 e. The lowest BCUT2D eigenvalue weighted by Crippen LogP contribution is -2.19. The number of para-hydroxylation sites is 1. The summed E-state index contributed by atoms with van der Waals surface area (Å²) >= 11 is 4.22. The van der Waals surface area contributed by atoms with Crippen LogP contribution in [-0.4, -0.2) is 24.2 Å². The number of rotatable bonds is 5. The fourth-order valence-corrected chi connectivity index (χ4v) is 2.01. The highest BCUT2D eigenvalue weighted by atomic mass is 32.1. The molecule has 16 heavy (non-hydrogen) atoms. The summed E-state index contributed by atoms with van der Waals surface area (Å²) in [6.07, 6.45) is 2.98. The summed E-state index contributed by atoms with van der Waals surface area (Å²) in [5.74, 6) is 0.941. The van der Waals surface area contributed by atoms with E-state index >= 15 is 0 Å². The molecule has 0 bridgehead atoms. The van der Waals surface area contributed by atoms with Gasteiger partial charge in [0.2, 0.25) is 0 Å². The molecule has 0 spiro atoms. The highest BCUT2D eigenvalue weighted by Crippen LogP contribution is 2.21. The van der Waals surface area contributed by atoms with Crippen LogP contribution in [0.3, 0.4) is 0 Å². The summed E-state index contributed by atoms with van der Waals surface area (Å²) < 4.78 is 5.51. The molecule has 2 rings (SSSR count). The van der Waals surface area contributed by atoms with Crippen LogP contribution in [0, 0.1) is 0 Å². The van der Waals surface area contributed by atoms with E-state index in [-0.39, 0.29) is 0 Å². The number of thiol groups is 1. The lowest BCUT2D eigenvalue weighted by Gasteiger charge is -2.14. The molecule has 2 nitrogen and oxygen atoms in total. The fraction of sp³-hybridized carbons (Fsp3) is 0.385. The largest absolute Gasteiger partial charge is 0.464 e. The minimum Gasteiger partial charge on any atom is -0.464 e. The first kappa shape index (κ1) is 11.6. The van der Waals surface area contributed by atoms with Crippen LogP contribution >= 0.6 is 12.6 Å². The highest BCUT2D eigenvalue weighted by molar-refractivity contribution is 7.80. The molecule has 0 N–H and O–H groups in total. The first-order valence-corrected chi connectivity index (χ1v) is 6.19. The molecule has 0 radical (unpaired) electrons. The number of fused-ring (bicyclic) bond motifs is 1. The Balaban J connectivity index is 2.09. The Morgan fingerprint density at radius 1 is 1.31 bits per heavy atom. The zero-order chi connectivity index (χ0) is 11.4. The van der Waals surface area contributed by atoms with Gasteiger partial charge in [-0.05, 0) is 31.8 Å². The normalized spacial score (nSPS) is 11.4. The highest BCUT2D eigenvalue weighted by Gasteiger charge is 2.07. The second kappa shape index (κ2) is 5.41. The van der Waals surface area contributed by atoms with Crippen molar-refractivity contribution in [2.24, 2.45) is 0 Å². The molecule has 86 valence electrons. The van der Waals surface area contributed by atoms with Gasteiger partial charge in [0.25, 0.3) is 0 Å². The Bertz CT molecular complexity index is 452. The predicted molar refractivity (Wildman–Crippen MR) is 71.0 cm³/mol. The maximum atomic E-state index is 5.51. The van der Waals surface area contributed by atoms with Gasteiger partial charge in [0.05, 0.1) is 6.26 Å². The Labute approximate surface area is 102 Å². The zero-order valence-electron chi connectivity index (χ0n) is 9.52. The van der Waals surface area contributed by atoms with E-state index in [2.05, 4.69) is 36.7 Å². The fourth-order valence-electron chi connectivity index (χ4n) is 1.87. The third-order valence-electron chi connectivity index (χ3n) is 2.70. The molecular formula is C13H17NOS. The minimum absolute atomic E-state index is 0.935. The van der Waals surface area contributed by atoms with Crippen molar-refractivity contribution in [3.8, 4) is 0 Å². The van der Waals surface area contributed by atoms with Gasteiger partial charge in [-0.2, -0.15) is 12.6 Å². The van der Waals surface area contributed by atoms with Crippen molar-refractivity contribution in [1.29, 1.82) is 0 Å². The van der Waals surface area contributed by atoms with Crippen LogP contribution in [0.15, 0.2) is 34.9 Å². The lowest BCUT2D eigenvalue weighted by atomic mass is 10.1. The summed E-state index contributed by atoms with van der Waals surface area (Å²) in [4.78, 5) is 2.30. The zero-order valence-corrected chi connectivity index (χ0v) is 10.4. The Morgan fingerprint density at radius 2 is 2.12 bits per heavy atom. The first-order valence-electron chi connectivity index (χ1n) is 5.56. The van der Waals surface area contributed by atoms with Crippen LogP contribution in [0.4, 0.5) is 0 Å². The van der Waals surface area contributed by atoms with E-state index < -0.39 is 0 Å². The van der Waals surface area contributed by atoms with E-state index in [1.807, 2.05) is 18.4 Å². The number of hydrogen-bond acceptors (Lipinski definition) is 3. The molecule has 0 atom stereocenters. The monoisotopic (exact) mass is 235 g/mol. The average molecular weight is 235 g/mol. The van der Waals surface area contributed by atoms with Gasteiger partial charge in [0.1, 0.15) is 5.58 Å². The molecule has 0 unspecified atom stereocenters. The van der Waals surface area contributed by atoms with Crippen molar-refractivity contribution in [3.63, 3.8) is 0 Å². The molecular weight excluding hydrogens is 218 g/mol. The lowest BCUT2D eigenvalue weighted by molar-refractivity contribution is 0.328. The number of benzene rings is 1. The molecule has 1 aromatic carbocycles. The molecule has 0 saturated heterocycles. The van der Waals surface area contributed by atoms with E-state index in [1.54, 1.807) is 0 Å². The summed E-state index contributed by atoms with van der Waals surface area (Å²) in [6.45, 7) is 2.01. The van der Waals surface area contributed by atoms with Crippen LogP contribution < -0.4 is 0 Å². The molecule has 0 aliphatic heterocycles. The predicted octanol–water partition coefficient (Wildman–Crippen LogP) is 3.18. The summed E-state index contributed by atoms with van der Waals surface area (Å²) in [5.41, 5.74) is 2.23. The van der Waals surface area contributed by atoms with Gasteiger partial charge >= 0.3 is 0 Å². The van der Waals surface area contributed by atoms with Crippen LogP contribution in [-0.2, 0) is 6.54 Å². The summed E-state index contributed by atoms with van der Waals surface area (Å²) in [6, 6.07) is 8.17. The topological polar surface area (TPSA) is 16.4 Å². The van der Waals surface area contributed by atoms with Gasteiger partial charge in [-0.15, -0.1) is 0 Å². The average Bonchev–Trinajstić information content (AvgIpc) is 2.70. The van der Waals surface area contributed by atoms with Crippen molar-refractivity contribution in [2.75, 3.05) is 19.3 Å². The van der Waals surface area contributed by atoms with E-state index in [0.29, 0.717) is 0 Å².